The molecule has 10 nitrogen and oxygen atoms in total. The monoisotopic (exact) mass is 468 g/mol. The minimum Gasteiger partial charge on any atom is -0.493 e. The molecule has 0 aliphatic heterocycles. The third-order valence-corrected chi connectivity index (χ3v) is 6.15. The third kappa shape index (κ3) is 4.10. The number of hydrogen-bond acceptors (Lipinski definition) is 7. The van der Waals surface area contributed by atoms with Crippen LogP contribution in [-0.4, -0.2) is 40.7 Å². The summed E-state index contributed by atoms with van der Waals surface area (Å²) in [6, 6.07) is 14.6. The average Bonchev–Trinajstić information content (AvgIpc) is 3.50. The van der Waals surface area contributed by atoms with Gasteiger partial charge in [-0.25, -0.2) is 4.79 Å². The summed E-state index contributed by atoms with van der Waals surface area (Å²) in [4.78, 5) is 26.0. The highest BCUT2D eigenvalue weighted by atomic mass is 16.3. The number of nitrogens with zero attached hydrogens (tertiary/aromatic N) is 4. The van der Waals surface area contributed by atoms with Gasteiger partial charge in [0, 0.05) is 18.0 Å². The smallest absolute Gasteiger partial charge is 0.325 e. The van der Waals surface area contributed by atoms with Gasteiger partial charge in [0.05, 0.1) is 17.9 Å². The highest BCUT2D eigenvalue weighted by Gasteiger charge is 2.25. The van der Waals surface area contributed by atoms with E-state index >= 15 is 0 Å². The highest BCUT2D eigenvalue weighted by Crippen LogP contribution is 2.28. The summed E-state index contributed by atoms with van der Waals surface area (Å²) in [7, 11) is 0. The Morgan fingerprint density at radius 3 is 2.74 bits per heavy atom. The molecule has 1 saturated carbocycles. The van der Waals surface area contributed by atoms with Crippen molar-refractivity contribution in [3.05, 3.63) is 88.6 Å². The lowest BCUT2D eigenvalue weighted by Crippen LogP contribution is -2.15. The molecule has 1 unspecified atom stereocenters. The van der Waals surface area contributed by atoms with Crippen LogP contribution in [0.15, 0.2) is 66.1 Å². The molecular formula is C25H24N8O2. The van der Waals surface area contributed by atoms with Crippen LogP contribution in [0.25, 0.3) is 16.4 Å². The first-order valence-electron chi connectivity index (χ1n) is 11.5. The van der Waals surface area contributed by atoms with Gasteiger partial charge in [0.25, 0.3) is 0 Å². The Bertz CT molecular complexity index is 1610. The molecule has 6 rings (SSSR count). The van der Waals surface area contributed by atoms with E-state index in [4.69, 9.17) is 9.97 Å². The van der Waals surface area contributed by atoms with Crippen molar-refractivity contribution < 1.29 is 5.11 Å². The summed E-state index contributed by atoms with van der Waals surface area (Å²) in [6.45, 7) is 4.02. The van der Waals surface area contributed by atoms with Crippen LogP contribution in [0.1, 0.15) is 35.7 Å². The fourth-order valence-corrected chi connectivity index (χ4v) is 4.16. The molecule has 1 fully saturated rings. The molecule has 3 aromatic heterocycles. The van der Waals surface area contributed by atoms with E-state index in [0.717, 1.165) is 29.4 Å². The van der Waals surface area contributed by atoms with Crippen molar-refractivity contribution in [2.45, 2.75) is 31.3 Å². The molecule has 0 bridgehead atoms. The summed E-state index contributed by atoms with van der Waals surface area (Å²) >= 11 is 0. The van der Waals surface area contributed by atoms with Gasteiger partial charge in [0.2, 0.25) is 17.8 Å². The van der Waals surface area contributed by atoms with Gasteiger partial charge in [-0.3, -0.25) is 4.98 Å². The van der Waals surface area contributed by atoms with Crippen molar-refractivity contribution in [3.63, 3.8) is 0 Å². The van der Waals surface area contributed by atoms with Crippen LogP contribution in [0.3, 0.4) is 0 Å². The largest absolute Gasteiger partial charge is 0.493 e. The summed E-state index contributed by atoms with van der Waals surface area (Å²) < 4.78 is 1.65. The number of aromatic nitrogens is 6. The van der Waals surface area contributed by atoms with Crippen molar-refractivity contribution in [1.82, 2.24) is 29.5 Å². The molecule has 1 aliphatic carbocycles. The van der Waals surface area contributed by atoms with Crippen molar-refractivity contribution in [1.29, 1.82) is 0 Å². The van der Waals surface area contributed by atoms with E-state index in [0.29, 0.717) is 29.3 Å². The number of H-pyrrole nitrogens is 2. The fourth-order valence-electron chi connectivity index (χ4n) is 4.16. The lowest BCUT2D eigenvalue weighted by Gasteiger charge is -2.17. The van der Waals surface area contributed by atoms with Crippen LogP contribution in [0.5, 0.6) is 5.88 Å². The highest BCUT2D eigenvalue weighted by molar-refractivity contribution is 5.83. The summed E-state index contributed by atoms with van der Waals surface area (Å²) in [5.41, 5.74) is 2.26. The van der Waals surface area contributed by atoms with E-state index in [2.05, 4.69) is 62.6 Å². The molecule has 0 radical (unpaired) electrons. The van der Waals surface area contributed by atoms with Gasteiger partial charge in [-0.2, -0.15) is 19.6 Å². The first-order chi connectivity index (χ1) is 17.1. The van der Waals surface area contributed by atoms with Gasteiger partial charge in [-0.05, 0) is 35.2 Å². The Balaban J connectivity index is 1.38. The molecule has 10 heteroatoms. The minimum atomic E-state index is -0.466. The zero-order valence-electron chi connectivity index (χ0n) is 18.8. The average molecular weight is 469 g/mol. The summed E-state index contributed by atoms with van der Waals surface area (Å²) in [5.74, 6) is 0.813. The second kappa shape index (κ2) is 8.32. The number of aromatic hydroxyl groups is 1. The van der Waals surface area contributed by atoms with Gasteiger partial charge in [-0.15, -0.1) is 6.58 Å². The minimum absolute atomic E-state index is 0.193. The van der Waals surface area contributed by atoms with Gasteiger partial charge in [-0.1, -0.05) is 42.5 Å². The van der Waals surface area contributed by atoms with Crippen LogP contribution in [0.2, 0.25) is 0 Å². The molecule has 1 atom stereocenters. The Labute approximate surface area is 199 Å². The Hall–Kier alpha value is -4.60. The molecular weight excluding hydrogens is 444 g/mol. The van der Waals surface area contributed by atoms with Gasteiger partial charge in [0.1, 0.15) is 0 Å². The van der Waals surface area contributed by atoms with Crippen LogP contribution in [0, 0.1) is 0 Å². The zero-order valence-corrected chi connectivity index (χ0v) is 18.8. The van der Waals surface area contributed by atoms with Crippen LogP contribution in [0.4, 0.5) is 11.9 Å². The van der Waals surface area contributed by atoms with Gasteiger partial charge in [0.15, 0.2) is 5.65 Å². The van der Waals surface area contributed by atoms with E-state index < -0.39 is 5.69 Å². The summed E-state index contributed by atoms with van der Waals surface area (Å²) in [6.07, 6.45) is 5.90. The van der Waals surface area contributed by atoms with E-state index in [1.165, 1.54) is 5.39 Å². The van der Waals surface area contributed by atoms with Crippen LogP contribution < -0.4 is 16.3 Å². The standard InChI is InChI=1S/C25H24N8O2/c1-2-19(16-8-7-14-5-3-4-6-15(14)11-16)28-23-30-21-17(12-20-22(34)31-25(35)29-20)13-26-33(21)24(32-23)27-18-9-10-18/h2-8,11,13,18-19,34H,1,9-10,12H2,(H2,29,31,35)(H2,27,28,30,32). The number of aromatic amines is 2. The molecule has 3 heterocycles. The number of rotatable bonds is 8. The molecule has 1 aliphatic rings. The number of nitrogens with one attached hydrogen (secondary N) is 4. The molecule has 5 aromatic rings. The number of fused-ring (bicyclic) bond motifs is 2. The SMILES string of the molecule is C=CC(Nc1nc(NC2CC2)n2ncc(Cc3[nH]c(=O)[nH]c3O)c2n1)c1ccc2ccccc2c1. The predicted molar refractivity (Wildman–Crippen MR) is 134 cm³/mol. The fraction of sp³-hybridized carbons (Fsp3) is 0.200. The Morgan fingerprint density at radius 2 is 2.00 bits per heavy atom. The molecule has 5 N–H and O–H groups in total. The van der Waals surface area contributed by atoms with Crippen molar-refractivity contribution in [3.8, 4) is 5.88 Å². The molecule has 176 valence electrons. The third-order valence-electron chi connectivity index (χ3n) is 6.15. The molecule has 0 saturated heterocycles. The maximum Gasteiger partial charge on any atom is 0.325 e. The summed E-state index contributed by atoms with van der Waals surface area (Å²) in [5, 5.41) is 23.6. The predicted octanol–water partition coefficient (Wildman–Crippen LogP) is 3.50. The van der Waals surface area contributed by atoms with Crippen molar-refractivity contribution in [2.24, 2.45) is 0 Å². The molecule has 2 aromatic carbocycles. The van der Waals surface area contributed by atoms with Crippen molar-refractivity contribution in [2.75, 3.05) is 10.6 Å². The second-order valence-corrected chi connectivity index (χ2v) is 8.74. The maximum absolute atomic E-state index is 11.6. The Morgan fingerprint density at radius 1 is 1.17 bits per heavy atom. The molecule has 0 amide bonds. The lowest BCUT2D eigenvalue weighted by molar-refractivity contribution is 0.450. The quantitative estimate of drug-likeness (QED) is 0.220. The van der Waals surface area contributed by atoms with Crippen LogP contribution >= 0.6 is 0 Å². The van der Waals surface area contributed by atoms with Crippen LogP contribution in [-0.2, 0) is 6.42 Å². The van der Waals surface area contributed by atoms with E-state index in [1.54, 1.807) is 10.7 Å². The molecule has 0 spiro atoms. The van der Waals surface area contributed by atoms with E-state index in [1.807, 2.05) is 18.2 Å². The number of anilines is 2. The normalized spacial score (nSPS) is 14.3. The number of imidazole rings is 1. The first-order valence-corrected chi connectivity index (χ1v) is 11.5. The van der Waals surface area contributed by atoms with E-state index in [-0.39, 0.29) is 18.3 Å². The van der Waals surface area contributed by atoms with E-state index in [9.17, 15) is 9.90 Å². The topological polar surface area (TPSA) is 136 Å². The number of benzene rings is 2. The lowest BCUT2D eigenvalue weighted by atomic mass is 10.0. The van der Waals surface area contributed by atoms with Crippen molar-refractivity contribution >= 4 is 28.3 Å². The van der Waals surface area contributed by atoms with Gasteiger partial charge < -0.3 is 20.7 Å². The molecule has 35 heavy (non-hydrogen) atoms. The van der Waals surface area contributed by atoms with Gasteiger partial charge >= 0.3 is 5.69 Å². The second-order valence-electron chi connectivity index (χ2n) is 8.74. The first kappa shape index (κ1) is 21.0. The maximum atomic E-state index is 11.6. The Kier molecular flexibility index (Phi) is 4.98. The zero-order chi connectivity index (χ0) is 23.9. The number of hydrogen-bond donors (Lipinski definition) is 5.